The highest BCUT2D eigenvalue weighted by Gasteiger charge is 2.17. The van der Waals surface area contributed by atoms with Crippen LogP contribution in [0, 0.1) is 5.82 Å². The van der Waals surface area contributed by atoms with Gasteiger partial charge in [0, 0.05) is 13.6 Å². The average molecular weight is 239 g/mol. The maximum atomic E-state index is 13.4. The molecule has 0 aromatic heterocycles. The molecule has 0 amide bonds. The fraction of sp³-hybridized carbons (Fsp3) is 0.462. The molecule has 4 heteroatoms. The zero-order chi connectivity index (χ0) is 12.8. The molecular weight excluding hydrogens is 221 g/mol. The fourth-order valence-electron chi connectivity index (χ4n) is 1.76. The number of carbonyl (C=O) groups is 1. The zero-order valence-corrected chi connectivity index (χ0v) is 10.2. The van der Waals surface area contributed by atoms with E-state index in [2.05, 4.69) is 6.92 Å². The molecule has 3 nitrogen and oxygen atoms in total. The Morgan fingerprint density at radius 1 is 1.41 bits per heavy atom. The molecule has 0 radical (unpaired) electrons. The zero-order valence-electron chi connectivity index (χ0n) is 10.2. The first-order chi connectivity index (χ1) is 8.07. The van der Waals surface area contributed by atoms with Crippen LogP contribution in [0.3, 0.4) is 0 Å². The first-order valence-corrected chi connectivity index (χ1v) is 5.80. The molecule has 0 aliphatic carbocycles. The summed E-state index contributed by atoms with van der Waals surface area (Å²) in [7, 11) is 1.79. The van der Waals surface area contributed by atoms with E-state index in [0.717, 1.165) is 25.8 Å². The van der Waals surface area contributed by atoms with Crippen LogP contribution in [-0.2, 0) is 0 Å². The molecule has 0 bridgehead atoms. The molecule has 0 aliphatic heterocycles. The topological polar surface area (TPSA) is 40.5 Å². The Hall–Kier alpha value is -1.58. The molecule has 0 atom stereocenters. The summed E-state index contributed by atoms with van der Waals surface area (Å²) in [5, 5.41) is 9.00. The third-order valence-corrected chi connectivity index (χ3v) is 2.71. The van der Waals surface area contributed by atoms with Gasteiger partial charge in [-0.05, 0) is 18.6 Å². The van der Waals surface area contributed by atoms with Crippen molar-refractivity contribution in [3.63, 3.8) is 0 Å². The minimum atomic E-state index is -1.22. The van der Waals surface area contributed by atoms with Crippen LogP contribution < -0.4 is 4.90 Å². The van der Waals surface area contributed by atoms with E-state index in [1.165, 1.54) is 12.1 Å². The van der Waals surface area contributed by atoms with Crippen LogP contribution in [0.15, 0.2) is 18.2 Å². The van der Waals surface area contributed by atoms with E-state index in [4.69, 9.17) is 5.11 Å². The number of carboxylic acids is 1. The minimum Gasteiger partial charge on any atom is -0.478 e. The molecule has 0 fully saturated rings. The lowest BCUT2D eigenvalue weighted by Crippen LogP contribution is -2.21. The van der Waals surface area contributed by atoms with E-state index in [-0.39, 0.29) is 5.56 Å². The van der Waals surface area contributed by atoms with Crippen molar-refractivity contribution < 1.29 is 14.3 Å². The number of hydrogen-bond donors (Lipinski definition) is 1. The number of hydrogen-bond acceptors (Lipinski definition) is 2. The molecule has 0 saturated heterocycles. The molecule has 0 unspecified atom stereocenters. The average Bonchev–Trinajstić information content (AvgIpc) is 2.28. The van der Waals surface area contributed by atoms with Crippen molar-refractivity contribution in [3.8, 4) is 0 Å². The summed E-state index contributed by atoms with van der Waals surface area (Å²) in [6, 6.07) is 4.35. The van der Waals surface area contributed by atoms with E-state index in [9.17, 15) is 9.18 Å². The second-order valence-corrected chi connectivity index (χ2v) is 4.07. The van der Waals surface area contributed by atoms with E-state index in [0.29, 0.717) is 5.69 Å². The fourth-order valence-corrected chi connectivity index (χ4v) is 1.76. The van der Waals surface area contributed by atoms with Gasteiger partial charge in [0.25, 0.3) is 0 Å². The summed E-state index contributed by atoms with van der Waals surface area (Å²) < 4.78 is 13.4. The van der Waals surface area contributed by atoms with E-state index in [1.54, 1.807) is 18.0 Å². The van der Waals surface area contributed by atoms with Crippen molar-refractivity contribution in [2.45, 2.75) is 26.2 Å². The highest BCUT2D eigenvalue weighted by molar-refractivity contribution is 5.94. The largest absolute Gasteiger partial charge is 0.478 e. The Morgan fingerprint density at radius 2 is 2.12 bits per heavy atom. The van der Waals surface area contributed by atoms with Crippen molar-refractivity contribution in [1.29, 1.82) is 0 Å². The van der Waals surface area contributed by atoms with Crippen LogP contribution in [0.1, 0.15) is 36.5 Å². The summed E-state index contributed by atoms with van der Waals surface area (Å²) in [6.07, 6.45) is 3.16. The highest BCUT2D eigenvalue weighted by atomic mass is 19.1. The van der Waals surface area contributed by atoms with Gasteiger partial charge < -0.3 is 10.0 Å². The van der Waals surface area contributed by atoms with Gasteiger partial charge in [-0.15, -0.1) is 0 Å². The van der Waals surface area contributed by atoms with Gasteiger partial charge in [0.05, 0.1) is 5.69 Å². The monoisotopic (exact) mass is 239 g/mol. The molecule has 0 aliphatic rings. The number of aromatic carboxylic acids is 1. The second kappa shape index (κ2) is 6.23. The van der Waals surface area contributed by atoms with E-state index < -0.39 is 11.8 Å². The molecule has 0 heterocycles. The van der Waals surface area contributed by atoms with Gasteiger partial charge in [0.1, 0.15) is 11.4 Å². The molecule has 17 heavy (non-hydrogen) atoms. The Morgan fingerprint density at radius 3 is 2.71 bits per heavy atom. The van der Waals surface area contributed by atoms with Crippen molar-refractivity contribution >= 4 is 11.7 Å². The minimum absolute atomic E-state index is 0.244. The summed E-state index contributed by atoms with van der Waals surface area (Å²) in [4.78, 5) is 12.8. The standard InChI is InChI=1S/C13H18FNO2/c1-3-4-5-9-15(2)11-8-6-7-10(14)12(11)13(16)17/h6-8H,3-5,9H2,1-2H3,(H,16,17). The lowest BCUT2D eigenvalue weighted by molar-refractivity contribution is 0.0692. The van der Waals surface area contributed by atoms with Crippen LogP contribution in [0.25, 0.3) is 0 Å². The Labute approximate surface area is 101 Å². The predicted molar refractivity (Wildman–Crippen MR) is 66.2 cm³/mol. The van der Waals surface area contributed by atoms with Gasteiger partial charge in [-0.25, -0.2) is 9.18 Å². The maximum Gasteiger partial charge on any atom is 0.340 e. The number of benzene rings is 1. The lowest BCUT2D eigenvalue weighted by Gasteiger charge is -2.21. The van der Waals surface area contributed by atoms with Gasteiger partial charge >= 0.3 is 5.97 Å². The normalized spacial score (nSPS) is 10.3. The smallest absolute Gasteiger partial charge is 0.340 e. The van der Waals surface area contributed by atoms with Crippen LogP contribution in [-0.4, -0.2) is 24.7 Å². The van der Waals surface area contributed by atoms with E-state index in [1.807, 2.05) is 0 Å². The van der Waals surface area contributed by atoms with Crippen molar-refractivity contribution in [3.05, 3.63) is 29.6 Å². The molecule has 1 aromatic rings. The van der Waals surface area contributed by atoms with E-state index >= 15 is 0 Å². The SMILES string of the molecule is CCCCCN(C)c1cccc(F)c1C(=O)O. The van der Waals surface area contributed by atoms with Crippen LogP contribution in [0.2, 0.25) is 0 Å². The second-order valence-electron chi connectivity index (χ2n) is 4.07. The van der Waals surface area contributed by atoms with Gasteiger partial charge in [0.15, 0.2) is 0 Å². The molecule has 1 N–H and O–H groups in total. The third kappa shape index (κ3) is 3.44. The van der Waals surface area contributed by atoms with Gasteiger partial charge in [-0.3, -0.25) is 0 Å². The Kier molecular flexibility index (Phi) is 4.94. The van der Waals surface area contributed by atoms with Crippen LogP contribution in [0.4, 0.5) is 10.1 Å². The van der Waals surface area contributed by atoms with Gasteiger partial charge in [0.2, 0.25) is 0 Å². The van der Waals surface area contributed by atoms with Crippen LogP contribution in [0.5, 0.6) is 0 Å². The first kappa shape index (κ1) is 13.5. The summed E-state index contributed by atoms with van der Waals surface area (Å²) in [5.41, 5.74) is 0.195. The maximum absolute atomic E-state index is 13.4. The number of unbranched alkanes of at least 4 members (excludes halogenated alkanes) is 2. The van der Waals surface area contributed by atoms with Gasteiger partial charge in [-0.2, -0.15) is 0 Å². The summed E-state index contributed by atoms with van der Waals surface area (Å²) in [5.74, 6) is -1.90. The van der Waals surface area contributed by atoms with Crippen molar-refractivity contribution in [2.75, 3.05) is 18.5 Å². The number of rotatable bonds is 6. The molecule has 0 saturated carbocycles. The predicted octanol–water partition coefficient (Wildman–Crippen LogP) is 3.15. The summed E-state index contributed by atoms with van der Waals surface area (Å²) in [6.45, 7) is 2.84. The lowest BCUT2D eigenvalue weighted by atomic mass is 10.1. The first-order valence-electron chi connectivity index (χ1n) is 5.80. The molecule has 0 spiro atoms. The molecular formula is C13H18FNO2. The van der Waals surface area contributed by atoms with Crippen molar-refractivity contribution in [2.24, 2.45) is 0 Å². The Bertz CT molecular complexity index is 393. The quantitative estimate of drug-likeness (QED) is 0.775. The third-order valence-electron chi connectivity index (χ3n) is 2.71. The molecule has 1 rings (SSSR count). The summed E-state index contributed by atoms with van der Waals surface area (Å²) >= 11 is 0. The number of halogens is 1. The molecule has 1 aromatic carbocycles. The Balaban J connectivity index is 2.89. The number of anilines is 1. The molecule has 94 valence electrons. The van der Waals surface area contributed by atoms with Gasteiger partial charge in [-0.1, -0.05) is 25.8 Å². The number of carboxylic acid groups (broad SMARTS) is 1. The van der Waals surface area contributed by atoms with Crippen LogP contribution >= 0.6 is 0 Å². The highest BCUT2D eigenvalue weighted by Crippen LogP contribution is 2.22. The number of nitrogens with zero attached hydrogens (tertiary/aromatic N) is 1. The van der Waals surface area contributed by atoms with Crippen molar-refractivity contribution in [1.82, 2.24) is 0 Å².